The van der Waals surface area contributed by atoms with Crippen LogP contribution in [0, 0.1) is 13.8 Å². The number of aryl methyl sites for hydroxylation is 2. The third-order valence-electron chi connectivity index (χ3n) is 5.02. The van der Waals surface area contributed by atoms with Gasteiger partial charge in [-0.1, -0.05) is 0 Å². The summed E-state index contributed by atoms with van der Waals surface area (Å²) >= 11 is 0. The number of halogens is 3. The number of hydrogen-bond acceptors (Lipinski definition) is 7. The smallest absolute Gasteiger partial charge is 0.380 e. The molecule has 0 amide bonds. The van der Waals surface area contributed by atoms with Gasteiger partial charge in [-0.15, -0.1) is 5.10 Å². The van der Waals surface area contributed by atoms with Gasteiger partial charge in [-0.05, 0) is 49.2 Å². The van der Waals surface area contributed by atoms with Gasteiger partial charge in [0.1, 0.15) is 0 Å². The van der Waals surface area contributed by atoms with E-state index in [1.807, 2.05) is 0 Å². The van der Waals surface area contributed by atoms with Crippen LogP contribution >= 0.6 is 0 Å². The van der Waals surface area contributed by atoms with Crippen LogP contribution in [0.1, 0.15) is 22.7 Å². The zero-order chi connectivity index (χ0) is 22.6. The molecule has 2 aromatic heterocycles. The molecule has 0 unspecified atom stereocenters. The molecular weight excluding hydrogens is 439 g/mol. The van der Waals surface area contributed by atoms with Crippen LogP contribution in [0.5, 0.6) is 5.88 Å². The van der Waals surface area contributed by atoms with Gasteiger partial charge in [0.15, 0.2) is 0 Å². The van der Waals surface area contributed by atoms with Crippen molar-refractivity contribution < 1.29 is 30.5 Å². The molecule has 0 N–H and O–H groups in total. The fraction of sp³-hybridized carbons (Fsp3) is 0.316. The number of nitrogens with zero attached hydrogens (tertiary/aromatic N) is 3. The van der Waals surface area contributed by atoms with Gasteiger partial charge in [0.25, 0.3) is 11.4 Å². The number of ether oxygens (including phenoxy) is 1. The van der Waals surface area contributed by atoms with E-state index in [1.54, 1.807) is 19.9 Å². The lowest BCUT2D eigenvalue weighted by Crippen LogP contribution is -2.30. The molecule has 0 bridgehead atoms. The molecule has 1 aliphatic rings. The Morgan fingerprint density at radius 1 is 1.13 bits per heavy atom. The van der Waals surface area contributed by atoms with E-state index in [-0.39, 0.29) is 22.4 Å². The molecule has 3 heterocycles. The number of hydrogen-bond donors (Lipinski definition) is 0. The summed E-state index contributed by atoms with van der Waals surface area (Å²) in [4.78, 5) is 17.3. The summed E-state index contributed by atoms with van der Waals surface area (Å²) in [5, 5.41) is 3.66. The Bertz CT molecular complexity index is 1350. The molecule has 164 valence electrons. The maximum absolute atomic E-state index is 13.1. The van der Waals surface area contributed by atoms with Crippen molar-refractivity contribution in [3.8, 4) is 11.6 Å². The number of benzene rings is 1. The molecule has 0 saturated carbocycles. The van der Waals surface area contributed by atoms with Crippen LogP contribution in [0.15, 0.2) is 35.3 Å². The van der Waals surface area contributed by atoms with E-state index in [2.05, 4.69) is 14.3 Å². The normalized spacial score (nSPS) is 15.1. The minimum Gasteiger partial charge on any atom is -0.380 e. The minimum atomic E-state index is -6.00. The largest absolute Gasteiger partial charge is 0.534 e. The second-order valence-electron chi connectivity index (χ2n) is 7.16. The maximum Gasteiger partial charge on any atom is 0.534 e. The third kappa shape index (κ3) is 3.76. The third-order valence-corrected chi connectivity index (χ3v) is 5.96. The molecule has 1 fully saturated rings. The fourth-order valence-electron chi connectivity index (χ4n) is 3.06. The van der Waals surface area contributed by atoms with Gasteiger partial charge in [0.2, 0.25) is 0 Å². The highest BCUT2D eigenvalue weighted by molar-refractivity contribution is 7.88. The second kappa shape index (κ2) is 7.31. The summed E-state index contributed by atoms with van der Waals surface area (Å²) < 4.78 is 72.3. The summed E-state index contributed by atoms with van der Waals surface area (Å²) in [6.07, 6.45) is 1.43. The van der Waals surface area contributed by atoms with Gasteiger partial charge in [0.05, 0.1) is 35.4 Å². The quantitative estimate of drug-likeness (QED) is 0.441. The molecule has 0 aliphatic carbocycles. The number of aromatic nitrogens is 3. The predicted molar refractivity (Wildman–Crippen MR) is 104 cm³/mol. The Balaban J connectivity index is 1.96. The minimum absolute atomic E-state index is 0.0160. The first-order valence-corrected chi connectivity index (χ1v) is 10.5. The summed E-state index contributed by atoms with van der Waals surface area (Å²) in [5.74, 6) is -0.831. The molecule has 1 saturated heterocycles. The molecule has 0 spiro atoms. The standard InChI is InChI=1S/C19H16F3N3O5S/c1-10-5-14-15(6-11(10)2)18(26)25(24-17(14)30-31(27,28)19(20,21)22)13-3-4-23-16(7-13)12-8-29-9-12/h3-7,12H,8-9H2,1-2H3. The van der Waals surface area contributed by atoms with Crippen molar-refractivity contribution in [2.24, 2.45) is 0 Å². The molecule has 0 atom stereocenters. The lowest BCUT2D eigenvalue weighted by Gasteiger charge is -2.25. The Morgan fingerprint density at radius 3 is 2.35 bits per heavy atom. The molecule has 31 heavy (non-hydrogen) atoms. The predicted octanol–water partition coefficient (Wildman–Crippen LogP) is 2.74. The van der Waals surface area contributed by atoms with Gasteiger partial charge in [0, 0.05) is 12.1 Å². The molecule has 12 heteroatoms. The van der Waals surface area contributed by atoms with E-state index >= 15 is 0 Å². The van der Waals surface area contributed by atoms with E-state index in [0.717, 1.165) is 4.68 Å². The van der Waals surface area contributed by atoms with Crippen molar-refractivity contribution in [2.75, 3.05) is 13.2 Å². The van der Waals surface area contributed by atoms with Crippen LogP contribution in [0.3, 0.4) is 0 Å². The van der Waals surface area contributed by atoms with E-state index in [1.165, 1.54) is 24.4 Å². The van der Waals surface area contributed by atoms with Crippen molar-refractivity contribution >= 4 is 20.9 Å². The second-order valence-corrected chi connectivity index (χ2v) is 8.70. The molecule has 4 rings (SSSR count). The zero-order valence-corrected chi connectivity index (χ0v) is 17.1. The van der Waals surface area contributed by atoms with Crippen LogP contribution in [-0.2, 0) is 14.9 Å². The van der Waals surface area contributed by atoms with Gasteiger partial charge in [-0.2, -0.15) is 26.3 Å². The molecular formula is C19H16F3N3O5S. The Labute approximate surface area is 174 Å². The number of rotatable bonds is 4. The van der Waals surface area contributed by atoms with E-state index in [0.29, 0.717) is 30.0 Å². The van der Waals surface area contributed by atoms with Crippen molar-refractivity contribution in [3.05, 3.63) is 57.6 Å². The topological polar surface area (TPSA) is 100 Å². The van der Waals surface area contributed by atoms with Crippen LogP contribution in [-0.4, -0.2) is 41.9 Å². The Kier molecular flexibility index (Phi) is 5.01. The highest BCUT2D eigenvalue weighted by atomic mass is 32.2. The van der Waals surface area contributed by atoms with Crippen LogP contribution in [0.4, 0.5) is 13.2 Å². The van der Waals surface area contributed by atoms with Crippen molar-refractivity contribution in [3.63, 3.8) is 0 Å². The number of alkyl halides is 3. The van der Waals surface area contributed by atoms with Crippen molar-refractivity contribution in [1.29, 1.82) is 0 Å². The van der Waals surface area contributed by atoms with Gasteiger partial charge in [-0.25, -0.2) is 0 Å². The van der Waals surface area contributed by atoms with Crippen molar-refractivity contribution in [1.82, 2.24) is 14.8 Å². The van der Waals surface area contributed by atoms with Crippen LogP contribution < -0.4 is 9.74 Å². The SMILES string of the molecule is Cc1cc2c(OS(=O)(=O)C(F)(F)F)nn(-c3ccnc(C4COC4)c3)c(=O)c2cc1C. The first-order chi connectivity index (χ1) is 14.5. The Hall–Kier alpha value is -2.99. The van der Waals surface area contributed by atoms with E-state index < -0.39 is 27.1 Å². The lowest BCUT2D eigenvalue weighted by molar-refractivity contribution is -0.0501. The van der Waals surface area contributed by atoms with Gasteiger partial charge < -0.3 is 8.92 Å². The zero-order valence-electron chi connectivity index (χ0n) is 16.3. The highest BCUT2D eigenvalue weighted by Crippen LogP contribution is 2.31. The van der Waals surface area contributed by atoms with Crippen LogP contribution in [0.25, 0.3) is 16.5 Å². The average molecular weight is 455 g/mol. The highest BCUT2D eigenvalue weighted by Gasteiger charge is 2.49. The van der Waals surface area contributed by atoms with Gasteiger partial charge in [-0.3, -0.25) is 9.78 Å². The number of fused-ring (bicyclic) bond motifs is 1. The molecule has 1 aromatic carbocycles. The maximum atomic E-state index is 13.1. The Morgan fingerprint density at radius 2 is 1.77 bits per heavy atom. The summed E-state index contributed by atoms with van der Waals surface area (Å²) in [6, 6.07) is 5.82. The van der Waals surface area contributed by atoms with E-state index in [4.69, 9.17) is 4.74 Å². The fourth-order valence-corrected chi connectivity index (χ4v) is 3.49. The summed E-state index contributed by atoms with van der Waals surface area (Å²) in [5.41, 5.74) is -4.17. The molecule has 1 aliphatic heterocycles. The summed E-state index contributed by atoms with van der Waals surface area (Å²) in [6.45, 7) is 4.28. The average Bonchev–Trinajstić information content (AvgIpc) is 2.63. The molecule has 3 aromatic rings. The summed E-state index contributed by atoms with van der Waals surface area (Å²) in [7, 11) is -6.00. The first-order valence-electron chi connectivity index (χ1n) is 9.07. The lowest BCUT2D eigenvalue weighted by atomic mass is 10.0. The van der Waals surface area contributed by atoms with E-state index in [9.17, 15) is 26.4 Å². The number of pyridine rings is 1. The van der Waals surface area contributed by atoms with Crippen molar-refractivity contribution in [2.45, 2.75) is 25.3 Å². The van der Waals surface area contributed by atoms with Gasteiger partial charge >= 0.3 is 15.6 Å². The monoisotopic (exact) mass is 455 g/mol. The molecule has 8 nitrogen and oxygen atoms in total. The first kappa shape index (κ1) is 21.2. The van der Waals surface area contributed by atoms with Crippen LogP contribution in [0.2, 0.25) is 0 Å². The molecule has 0 radical (unpaired) electrons.